The van der Waals surface area contributed by atoms with E-state index in [9.17, 15) is 9.59 Å². The average Bonchev–Trinajstić information content (AvgIpc) is 2.82. The molecular formula is C19H17NO2. The van der Waals surface area contributed by atoms with Crippen LogP contribution in [0.15, 0.2) is 48.7 Å². The number of aryl methyl sites for hydroxylation is 1. The molecule has 3 nitrogen and oxygen atoms in total. The maximum atomic E-state index is 11.7. The summed E-state index contributed by atoms with van der Waals surface area (Å²) in [5, 5.41) is 2.01. The fourth-order valence-electron chi connectivity index (χ4n) is 2.86. The second-order valence-corrected chi connectivity index (χ2v) is 5.58. The summed E-state index contributed by atoms with van der Waals surface area (Å²) in [6.07, 6.45) is 1.97. The molecule has 1 aromatic heterocycles. The summed E-state index contributed by atoms with van der Waals surface area (Å²) in [4.78, 5) is 23.1. The SMILES string of the molecule is CC(=O)c1ccc(-c2ccc3c(C(C)=O)n(C)cc3c2)cc1. The van der Waals surface area contributed by atoms with Crippen molar-refractivity contribution < 1.29 is 9.59 Å². The Labute approximate surface area is 129 Å². The minimum absolute atomic E-state index is 0.0658. The van der Waals surface area contributed by atoms with Gasteiger partial charge in [-0.15, -0.1) is 0 Å². The Morgan fingerprint density at radius 3 is 2.09 bits per heavy atom. The molecule has 0 saturated carbocycles. The number of hydrogen-bond acceptors (Lipinski definition) is 2. The van der Waals surface area contributed by atoms with Gasteiger partial charge in [0.2, 0.25) is 0 Å². The highest BCUT2D eigenvalue weighted by atomic mass is 16.1. The Bertz CT molecular complexity index is 886. The van der Waals surface area contributed by atoms with E-state index in [0.29, 0.717) is 5.56 Å². The summed E-state index contributed by atoms with van der Waals surface area (Å²) in [7, 11) is 1.89. The van der Waals surface area contributed by atoms with E-state index in [-0.39, 0.29) is 11.6 Å². The first-order chi connectivity index (χ1) is 10.5. The average molecular weight is 291 g/mol. The third-order valence-corrected chi connectivity index (χ3v) is 3.95. The number of nitrogens with zero attached hydrogens (tertiary/aromatic N) is 1. The van der Waals surface area contributed by atoms with Crippen LogP contribution in [0.3, 0.4) is 0 Å². The van der Waals surface area contributed by atoms with Gasteiger partial charge in [-0.05, 0) is 24.1 Å². The predicted octanol–water partition coefficient (Wildman–Crippen LogP) is 4.25. The summed E-state index contributed by atoms with van der Waals surface area (Å²) >= 11 is 0. The lowest BCUT2D eigenvalue weighted by Gasteiger charge is -2.04. The topological polar surface area (TPSA) is 39.1 Å². The van der Waals surface area contributed by atoms with E-state index in [1.807, 2.05) is 54.2 Å². The van der Waals surface area contributed by atoms with Gasteiger partial charge < -0.3 is 4.57 Å². The maximum absolute atomic E-state index is 11.7. The molecule has 3 aromatic rings. The molecule has 3 rings (SSSR count). The molecule has 110 valence electrons. The molecule has 0 radical (unpaired) electrons. The molecule has 0 unspecified atom stereocenters. The Morgan fingerprint density at radius 2 is 1.50 bits per heavy atom. The molecule has 2 aromatic carbocycles. The van der Waals surface area contributed by atoms with Crippen molar-refractivity contribution in [3.05, 3.63) is 59.9 Å². The van der Waals surface area contributed by atoms with Crippen molar-refractivity contribution in [1.82, 2.24) is 4.57 Å². The van der Waals surface area contributed by atoms with E-state index < -0.39 is 0 Å². The first kappa shape index (κ1) is 14.3. The van der Waals surface area contributed by atoms with E-state index in [1.54, 1.807) is 13.8 Å². The lowest BCUT2D eigenvalue weighted by Crippen LogP contribution is -2.00. The highest BCUT2D eigenvalue weighted by molar-refractivity contribution is 6.07. The molecule has 0 spiro atoms. The van der Waals surface area contributed by atoms with Crippen LogP contribution < -0.4 is 0 Å². The Hall–Kier alpha value is -2.68. The minimum Gasteiger partial charge on any atom is -0.347 e. The summed E-state index contributed by atoms with van der Waals surface area (Å²) < 4.78 is 1.87. The zero-order chi connectivity index (χ0) is 15.9. The number of Topliss-reactive ketones (excluding diaryl/α,β-unsaturated/α-hetero) is 2. The number of carbonyl (C=O) groups excluding carboxylic acids is 2. The molecule has 0 aliphatic heterocycles. The first-order valence-electron chi connectivity index (χ1n) is 7.19. The van der Waals surface area contributed by atoms with Gasteiger partial charge in [-0.3, -0.25) is 9.59 Å². The van der Waals surface area contributed by atoms with Crippen molar-refractivity contribution >= 4 is 22.3 Å². The third kappa shape index (κ3) is 2.35. The first-order valence-corrected chi connectivity index (χ1v) is 7.19. The van der Waals surface area contributed by atoms with Crippen molar-refractivity contribution in [3.8, 4) is 11.1 Å². The van der Waals surface area contributed by atoms with Gasteiger partial charge in [-0.1, -0.05) is 36.4 Å². The van der Waals surface area contributed by atoms with Crippen LogP contribution in [0.1, 0.15) is 34.7 Å². The fraction of sp³-hybridized carbons (Fsp3) is 0.158. The molecule has 3 heteroatoms. The van der Waals surface area contributed by atoms with Gasteiger partial charge in [-0.2, -0.15) is 0 Å². The van der Waals surface area contributed by atoms with Gasteiger partial charge in [0.05, 0.1) is 5.69 Å². The van der Waals surface area contributed by atoms with Crippen molar-refractivity contribution in [2.24, 2.45) is 7.05 Å². The molecule has 0 aliphatic carbocycles. The number of benzene rings is 2. The van der Waals surface area contributed by atoms with Gasteiger partial charge in [0.15, 0.2) is 11.6 Å². The van der Waals surface area contributed by atoms with Gasteiger partial charge in [0.1, 0.15) is 0 Å². The molecule has 0 bridgehead atoms. The Balaban J connectivity index is 2.09. The van der Waals surface area contributed by atoms with E-state index >= 15 is 0 Å². The second-order valence-electron chi connectivity index (χ2n) is 5.58. The lowest BCUT2D eigenvalue weighted by atomic mass is 10.0. The monoisotopic (exact) mass is 291 g/mol. The van der Waals surface area contributed by atoms with Crippen LogP contribution in [0, 0.1) is 0 Å². The van der Waals surface area contributed by atoms with Crippen molar-refractivity contribution in [2.75, 3.05) is 0 Å². The molecule has 0 N–H and O–H groups in total. The lowest BCUT2D eigenvalue weighted by molar-refractivity contribution is 0.100. The Morgan fingerprint density at radius 1 is 0.864 bits per heavy atom. The molecular weight excluding hydrogens is 274 g/mol. The van der Waals surface area contributed by atoms with Gasteiger partial charge in [0, 0.05) is 36.5 Å². The highest BCUT2D eigenvalue weighted by Crippen LogP contribution is 2.28. The maximum Gasteiger partial charge on any atom is 0.176 e. The summed E-state index contributed by atoms with van der Waals surface area (Å²) in [5.41, 5.74) is 3.57. The molecule has 1 heterocycles. The number of ketones is 2. The van der Waals surface area contributed by atoms with Crippen LogP contribution in [0.25, 0.3) is 21.9 Å². The normalized spacial score (nSPS) is 10.9. The van der Waals surface area contributed by atoms with Gasteiger partial charge >= 0.3 is 0 Å². The van der Waals surface area contributed by atoms with Crippen molar-refractivity contribution in [3.63, 3.8) is 0 Å². The molecule has 0 saturated heterocycles. The quantitative estimate of drug-likeness (QED) is 0.677. The zero-order valence-corrected chi connectivity index (χ0v) is 12.9. The van der Waals surface area contributed by atoms with E-state index in [2.05, 4.69) is 6.07 Å². The summed E-state index contributed by atoms with van der Waals surface area (Å²) in [6.45, 7) is 3.15. The van der Waals surface area contributed by atoms with Gasteiger partial charge in [0.25, 0.3) is 0 Å². The molecule has 22 heavy (non-hydrogen) atoms. The summed E-state index contributed by atoms with van der Waals surface area (Å²) in [5.74, 6) is 0.132. The molecule has 0 amide bonds. The largest absolute Gasteiger partial charge is 0.347 e. The predicted molar refractivity (Wildman–Crippen MR) is 88.4 cm³/mol. The number of carbonyl (C=O) groups is 2. The van der Waals surface area contributed by atoms with E-state index in [4.69, 9.17) is 0 Å². The van der Waals surface area contributed by atoms with Crippen LogP contribution >= 0.6 is 0 Å². The minimum atomic E-state index is 0.0658. The molecule has 0 aliphatic rings. The van der Waals surface area contributed by atoms with Gasteiger partial charge in [-0.25, -0.2) is 0 Å². The number of aromatic nitrogens is 1. The Kier molecular flexibility index (Phi) is 3.41. The van der Waals surface area contributed by atoms with Crippen LogP contribution in [0.5, 0.6) is 0 Å². The number of rotatable bonds is 3. The number of hydrogen-bond donors (Lipinski definition) is 0. The van der Waals surface area contributed by atoms with Crippen LogP contribution in [0.4, 0.5) is 0 Å². The smallest absolute Gasteiger partial charge is 0.176 e. The van der Waals surface area contributed by atoms with Crippen molar-refractivity contribution in [1.29, 1.82) is 0 Å². The highest BCUT2D eigenvalue weighted by Gasteiger charge is 2.12. The fourth-order valence-corrected chi connectivity index (χ4v) is 2.86. The zero-order valence-electron chi connectivity index (χ0n) is 12.9. The summed E-state index contributed by atoms with van der Waals surface area (Å²) in [6, 6.07) is 13.7. The van der Waals surface area contributed by atoms with Crippen molar-refractivity contribution in [2.45, 2.75) is 13.8 Å². The third-order valence-electron chi connectivity index (χ3n) is 3.95. The van der Waals surface area contributed by atoms with Crippen LogP contribution in [-0.2, 0) is 7.05 Å². The second kappa shape index (κ2) is 5.26. The van der Waals surface area contributed by atoms with E-state index in [0.717, 1.165) is 27.6 Å². The number of fused-ring (bicyclic) bond motifs is 1. The molecule has 0 fully saturated rings. The van der Waals surface area contributed by atoms with Crippen LogP contribution in [0.2, 0.25) is 0 Å². The standard InChI is InChI=1S/C19H17NO2/c1-12(21)14-4-6-15(7-5-14)16-8-9-18-17(10-16)11-20(3)19(18)13(2)22/h4-11H,1-3H3. The van der Waals surface area contributed by atoms with E-state index in [1.165, 1.54) is 0 Å². The molecule has 0 atom stereocenters. The van der Waals surface area contributed by atoms with Crippen LogP contribution in [-0.4, -0.2) is 16.1 Å².